The molecular weight excluding hydrogens is 248 g/mol. The van der Waals surface area contributed by atoms with E-state index in [-0.39, 0.29) is 5.60 Å². The molecule has 2 aliphatic heterocycles. The van der Waals surface area contributed by atoms with Gasteiger partial charge in [-0.05, 0) is 39.0 Å². The molecule has 0 spiro atoms. The Morgan fingerprint density at radius 3 is 2.70 bits per heavy atom. The second kappa shape index (κ2) is 6.76. The Morgan fingerprint density at radius 1 is 1.35 bits per heavy atom. The van der Waals surface area contributed by atoms with Crippen LogP contribution >= 0.6 is 0 Å². The lowest BCUT2D eigenvalue weighted by molar-refractivity contribution is -0.0975. The van der Waals surface area contributed by atoms with Crippen molar-refractivity contribution in [2.75, 3.05) is 19.7 Å². The molecule has 0 aliphatic carbocycles. The molecule has 0 saturated carbocycles. The van der Waals surface area contributed by atoms with Crippen molar-refractivity contribution in [3.8, 4) is 0 Å². The van der Waals surface area contributed by atoms with Gasteiger partial charge in [-0.1, -0.05) is 27.2 Å². The van der Waals surface area contributed by atoms with Gasteiger partial charge in [-0.2, -0.15) is 0 Å². The maximum atomic E-state index is 5.91. The van der Waals surface area contributed by atoms with Crippen LogP contribution in [0.5, 0.6) is 0 Å². The molecule has 0 bridgehead atoms. The van der Waals surface area contributed by atoms with Gasteiger partial charge in [0.15, 0.2) is 0 Å². The van der Waals surface area contributed by atoms with Gasteiger partial charge in [0, 0.05) is 37.8 Å². The van der Waals surface area contributed by atoms with E-state index in [0.29, 0.717) is 18.1 Å². The quantitative estimate of drug-likeness (QED) is 0.858. The lowest BCUT2D eigenvalue weighted by Crippen LogP contribution is -2.62. The fourth-order valence-electron chi connectivity index (χ4n) is 3.92. The molecule has 0 aromatic heterocycles. The van der Waals surface area contributed by atoms with Gasteiger partial charge in [-0.25, -0.2) is 0 Å². The fraction of sp³-hybridized carbons (Fsp3) is 1.00. The molecule has 2 fully saturated rings. The number of nitrogens with zero attached hydrogens (tertiary/aromatic N) is 1. The van der Waals surface area contributed by atoms with Crippen LogP contribution in [0, 0.1) is 5.92 Å². The van der Waals surface area contributed by atoms with Crippen molar-refractivity contribution < 1.29 is 4.74 Å². The third kappa shape index (κ3) is 3.96. The average molecular weight is 282 g/mol. The van der Waals surface area contributed by atoms with Gasteiger partial charge >= 0.3 is 0 Å². The SMILES string of the molecule is CCCC1CN(C2CCOC(C)(C)C2)C(C(C)C)CN1. The van der Waals surface area contributed by atoms with Gasteiger partial charge in [0.25, 0.3) is 0 Å². The third-order valence-corrected chi connectivity index (χ3v) is 5.02. The molecule has 20 heavy (non-hydrogen) atoms. The van der Waals surface area contributed by atoms with E-state index in [0.717, 1.165) is 19.1 Å². The Labute approximate surface area is 125 Å². The summed E-state index contributed by atoms with van der Waals surface area (Å²) in [5.41, 5.74) is 0.0512. The molecule has 0 aromatic rings. The van der Waals surface area contributed by atoms with E-state index >= 15 is 0 Å². The molecule has 0 amide bonds. The molecule has 118 valence electrons. The predicted molar refractivity (Wildman–Crippen MR) is 85.1 cm³/mol. The zero-order valence-electron chi connectivity index (χ0n) is 14.1. The number of ether oxygens (including phenoxy) is 1. The van der Waals surface area contributed by atoms with Crippen molar-refractivity contribution in [3.05, 3.63) is 0 Å². The zero-order valence-corrected chi connectivity index (χ0v) is 14.1. The number of nitrogens with one attached hydrogen (secondary N) is 1. The second-order valence-corrected chi connectivity index (χ2v) is 7.66. The molecule has 2 aliphatic rings. The molecule has 3 atom stereocenters. The van der Waals surface area contributed by atoms with Gasteiger partial charge in [0.2, 0.25) is 0 Å². The molecule has 2 rings (SSSR count). The first kappa shape index (κ1) is 16.3. The van der Waals surface area contributed by atoms with E-state index in [9.17, 15) is 0 Å². The summed E-state index contributed by atoms with van der Waals surface area (Å²) in [6, 6.07) is 2.07. The minimum Gasteiger partial charge on any atom is -0.375 e. The summed E-state index contributed by atoms with van der Waals surface area (Å²) in [6.45, 7) is 14.8. The van der Waals surface area contributed by atoms with Gasteiger partial charge in [-0.15, -0.1) is 0 Å². The minimum atomic E-state index is 0.0512. The van der Waals surface area contributed by atoms with E-state index in [1.807, 2.05) is 0 Å². The van der Waals surface area contributed by atoms with Crippen LogP contribution in [0.15, 0.2) is 0 Å². The smallest absolute Gasteiger partial charge is 0.0641 e. The molecule has 3 unspecified atom stereocenters. The van der Waals surface area contributed by atoms with Crippen LogP contribution in [0.2, 0.25) is 0 Å². The first-order valence-electron chi connectivity index (χ1n) is 8.56. The Hall–Kier alpha value is -0.120. The largest absolute Gasteiger partial charge is 0.375 e. The monoisotopic (exact) mass is 282 g/mol. The van der Waals surface area contributed by atoms with Crippen LogP contribution < -0.4 is 5.32 Å². The average Bonchev–Trinajstić information content (AvgIpc) is 2.37. The summed E-state index contributed by atoms with van der Waals surface area (Å²) in [5.74, 6) is 0.719. The summed E-state index contributed by atoms with van der Waals surface area (Å²) in [4.78, 5) is 2.81. The van der Waals surface area contributed by atoms with E-state index in [4.69, 9.17) is 4.74 Å². The standard InChI is InChI=1S/C17H34N2O/c1-6-7-14-12-19(16(11-18-14)13(2)3)15-8-9-20-17(4,5)10-15/h13-16,18H,6-12H2,1-5H3. The highest BCUT2D eigenvalue weighted by atomic mass is 16.5. The van der Waals surface area contributed by atoms with Crippen molar-refractivity contribution >= 4 is 0 Å². The van der Waals surface area contributed by atoms with Crippen LogP contribution in [0.3, 0.4) is 0 Å². The van der Waals surface area contributed by atoms with Gasteiger partial charge in [0.1, 0.15) is 0 Å². The van der Waals surface area contributed by atoms with Crippen LogP contribution in [0.1, 0.15) is 60.3 Å². The summed E-state index contributed by atoms with van der Waals surface area (Å²) >= 11 is 0. The van der Waals surface area contributed by atoms with E-state index in [1.165, 1.54) is 32.2 Å². The minimum absolute atomic E-state index is 0.0512. The topological polar surface area (TPSA) is 24.5 Å². The third-order valence-electron chi connectivity index (χ3n) is 5.02. The highest BCUT2D eigenvalue weighted by Gasteiger charge is 2.38. The fourth-order valence-corrected chi connectivity index (χ4v) is 3.92. The van der Waals surface area contributed by atoms with E-state index in [2.05, 4.69) is 44.8 Å². The van der Waals surface area contributed by atoms with Crippen molar-refractivity contribution in [3.63, 3.8) is 0 Å². The van der Waals surface area contributed by atoms with E-state index < -0.39 is 0 Å². The van der Waals surface area contributed by atoms with Gasteiger partial charge in [-0.3, -0.25) is 4.90 Å². The highest BCUT2D eigenvalue weighted by Crippen LogP contribution is 2.31. The van der Waals surface area contributed by atoms with Crippen LogP contribution in [-0.2, 0) is 4.74 Å². The Bertz CT molecular complexity index is 303. The lowest BCUT2D eigenvalue weighted by atomic mass is 9.88. The Morgan fingerprint density at radius 2 is 2.10 bits per heavy atom. The highest BCUT2D eigenvalue weighted by molar-refractivity contribution is 4.94. The number of hydrogen-bond acceptors (Lipinski definition) is 3. The summed E-state index contributed by atoms with van der Waals surface area (Å²) in [5, 5.41) is 3.77. The molecule has 2 heterocycles. The normalized spacial score (nSPS) is 35.4. The van der Waals surface area contributed by atoms with Crippen molar-refractivity contribution in [1.82, 2.24) is 10.2 Å². The number of rotatable bonds is 4. The van der Waals surface area contributed by atoms with Crippen molar-refractivity contribution in [2.45, 2.75) is 84.0 Å². The number of piperazine rings is 1. The first-order chi connectivity index (χ1) is 9.43. The Kier molecular flexibility index (Phi) is 5.49. The van der Waals surface area contributed by atoms with Crippen molar-refractivity contribution in [2.24, 2.45) is 5.92 Å². The Balaban J connectivity index is 2.06. The summed E-state index contributed by atoms with van der Waals surface area (Å²) in [7, 11) is 0. The molecule has 3 heteroatoms. The second-order valence-electron chi connectivity index (χ2n) is 7.66. The predicted octanol–water partition coefficient (Wildman–Crippen LogP) is 3.04. The summed E-state index contributed by atoms with van der Waals surface area (Å²) in [6.07, 6.45) is 4.95. The lowest BCUT2D eigenvalue weighted by Gasteiger charge is -2.50. The molecule has 0 radical (unpaired) electrons. The van der Waals surface area contributed by atoms with E-state index in [1.54, 1.807) is 0 Å². The molecule has 3 nitrogen and oxygen atoms in total. The molecule has 1 N–H and O–H groups in total. The summed E-state index contributed by atoms with van der Waals surface area (Å²) < 4.78 is 5.91. The van der Waals surface area contributed by atoms with Crippen LogP contribution in [0.25, 0.3) is 0 Å². The maximum absolute atomic E-state index is 5.91. The van der Waals surface area contributed by atoms with Crippen LogP contribution in [-0.4, -0.2) is 48.3 Å². The maximum Gasteiger partial charge on any atom is 0.0641 e. The first-order valence-corrected chi connectivity index (χ1v) is 8.56. The van der Waals surface area contributed by atoms with Crippen LogP contribution in [0.4, 0.5) is 0 Å². The molecule has 2 saturated heterocycles. The molecule has 0 aromatic carbocycles. The van der Waals surface area contributed by atoms with Crippen molar-refractivity contribution in [1.29, 1.82) is 0 Å². The van der Waals surface area contributed by atoms with Gasteiger partial charge < -0.3 is 10.1 Å². The zero-order chi connectivity index (χ0) is 14.8. The molecular formula is C17H34N2O. The van der Waals surface area contributed by atoms with Gasteiger partial charge in [0.05, 0.1) is 5.60 Å². The number of hydrogen-bond donors (Lipinski definition) is 1.